The van der Waals surface area contributed by atoms with Crippen molar-refractivity contribution in [2.75, 3.05) is 13.1 Å². The molecule has 2 N–H and O–H groups in total. The third-order valence-electron chi connectivity index (χ3n) is 5.90. The van der Waals surface area contributed by atoms with Crippen LogP contribution in [0.3, 0.4) is 0 Å². The maximum Gasteiger partial charge on any atom is 0.309 e. The molecule has 7 nitrogen and oxygen atoms in total. The molecule has 2 amide bonds. The van der Waals surface area contributed by atoms with Gasteiger partial charge in [0.2, 0.25) is 10.0 Å². The van der Waals surface area contributed by atoms with Crippen LogP contribution in [0, 0.1) is 13.8 Å². The van der Waals surface area contributed by atoms with Gasteiger partial charge in [0.15, 0.2) is 0 Å². The molecule has 2 aliphatic rings. The van der Waals surface area contributed by atoms with Crippen molar-refractivity contribution < 1.29 is 18.0 Å². The maximum absolute atomic E-state index is 13.2. The van der Waals surface area contributed by atoms with Gasteiger partial charge in [0.25, 0.3) is 0 Å². The highest BCUT2D eigenvalue weighted by Gasteiger charge is 2.36. The molecular weight excluding hydrogens is 390 g/mol. The molecule has 0 spiro atoms. The first-order chi connectivity index (χ1) is 13.8. The lowest BCUT2D eigenvalue weighted by molar-refractivity contribution is -0.139. The third-order valence-corrected chi connectivity index (χ3v) is 7.99. The third kappa shape index (κ3) is 5.17. The van der Waals surface area contributed by atoms with E-state index in [4.69, 9.17) is 0 Å². The van der Waals surface area contributed by atoms with Gasteiger partial charge in [-0.25, -0.2) is 8.42 Å². The van der Waals surface area contributed by atoms with Gasteiger partial charge < -0.3 is 10.6 Å². The molecule has 0 aromatic heterocycles. The number of amides is 2. The normalized spacial score (nSPS) is 21.1. The van der Waals surface area contributed by atoms with E-state index in [0.717, 1.165) is 37.7 Å². The first-order valence-corrected chi connectivity index (χ1v) is 11.9. The Bertz CT molecular complexity index is 863. The van der Waals surface area contributed by atoms with Gasteiger partial charge in [0, 0.05) is 25.2 Å². The van der Waals surface area contributed by atoms with Crippen LogP contribution in [0.15, 0.2) is 23.1 Å². The maximum atomic E-state index is 13.2. The van der Waals surface area contributed by atoms with E-state index in [1.54, 1.807) is 13.0 Å². The summed E-state index contributed by atoms with van der Waals surface area (Å²) in [7, 11) is -3.65. The van der Waals surface area contributed by atoms with Gasteiger partial charge in [-0.3, -0.25) is 9.59 Å². The van der Waals surface area contributed by atoms with Crippen molar-refractivity contribution in [3.05, 3.63) is 29.3 Å². The fraction of sp³-hybridized carbons (Fsp3) is 0.619. The molecule has 8 heteroatoms. The van der Waals surface area contributed by atoms with E-state index in [1.165, 1.54) is 10.7 Å². The van der Waals surface area contributed by atoms with Gasteiger partial charge in [0.05, 0.1) is 4.90 Å². The zero-order chi connectivity index (χ0) is 21.0. The molecule has 1 atom stereocenters. The van der Waals surface area contributed by atoms with Crippen LogP contribution in [0.2, 0.25) is 0 Å². The molecule has 1 heterocycles. The second-order valence-corrected chi connectivity index (χ2v) is 10.1. The van der Waals surface area contributed by atoms with Crippen molar-refractivity contribution in [1.82, 2.24) is 14.9 Å². The highest BCUT2D eigenvalue weighted by molar-refractivity contribution is 7.89. The van der Waals surface area contributed by atoms with Crippen molar-refractivity contribution in [3.8, 4) is 0 Å². The summed E-state index contributed by atoms with van der Waals surface area (Å²) < 4.78 is 27.9. The minimum absolute atomic E-state index is 0.0645. The van der Waals surface area contributed by atoms with Gasteiger partial charge in [-0.1, -0.05) is 31.4 Å². The number of carbonyl (C=O) groups excluding carboxylic acids is 2. The van der Waals surface area contributed by atoms with E-state index in [0.29, 0.717) is 23.4 Å². The second kappa shape index (κ2) is 9.26. The average molecular weight is 422 g/mol. The van der Waals surface area contributed by atoms with Crippen molar-refractivity contribution in [3.63, 3.8) is 0 Å². The Morgan fingerprint density at radius 1 is 1.03 bits per heavy atom. The molecule has 160 valence electrons. The topological polar surface area (TPSA) is 95.6 Å². The lowest BCUT2D eigenvalue weighted by Crippen LogP contribution is -2.49. The summed E-state index contributed by atoms with van der Waals surface area (Å²) in [5.74, 6) is -1.31. The highest BCUT2D eigenvalue weighted by Crippen LogP contribution is 2.28. The van der Waals surface area contributed by atoms with Crippen LogP contribution in [-0.2, 0) is 19.6 Å². The Balaban J connectivity index is 1.61. The first-order valence-electron chi connectivity index (χ1n) is 10.5. The smallest absolute Gasteiger partial charge is 0.309 e. The molecule has 1 aromatic rings. The monoisotopic (exact) mass is 421 g/mol. The Hall–Kier alpha value is -1.93. The molecule has 1 saturated carbocycles. The molecule has 29 heavy (non-hydrogen) atoms. The molecular formula is C21H31N3O4S. The minimum atomic E-state index is -3.65. The summed E-state index contributed by atoms with van der Waals surface area (Å²) in [6, 6.07) is 5.11. The van der Waals surface area contributed by atoms with Crippen molar-refractivity contribution >= 4 is 21.8 Å². The molecule has 1 aliphatic heterocycles. The SMILES string of the molecule is Cc1ccc(C)c(S(=O)(=O)N2CCC[C@@H]2CNC(=O)C(=O)NC2CCCCC2)c1. The number of carbonyl (C=O) groups is 2. The number of hydrogen-bond acceptors (Lipinski definition) is 4. The lowest BCUT2D eigenvalue weighted by Gasteiger charge is -2.25. The van der Waals surface area contributed by atoms with Crippen molar-refractivity contribution in [1.29, 1.82) is 0 Å². The predicted molar refractivity (Wildman–Crippen MR) is 111 cm³/mol. The largest absolute Gasteiger partial charge is 0.346 e. The molecule has 1 aliphatic carbocycles. The van der Waals surface area contributed by atoms with Crippen LogP contribution in [0.5, 0.6) is 0 Å². The molecule has 0 unspecified atom stereocenters. The number of rotatable bonds is 5. The molecule has 1 saturated heterocycles. The van der Waals surface area contributed by atoms with Crippen molar-refractivity contribution in [2.24, 2.45) is 0 Å². The molecule has 0 bridgehead atoms. The van der Waals surface area contributed by atoms with Gasteiger partial charge in [-0.05, 0) is 56.7 Å². The Morgan fingerprint density at radius 2 is 1.76 bits per heavy atom. The highest BCUT2D eigenvalue weighted by atomic mass is 32.2. The molecule has 2 fully saturated rings. The fourth-order valence-corrected chi connectivity index (χ4v) is 6.23. The zero-order valence-electron chi connectivity index (χ0n) is 17.2. The summed E-state index contributed by atoms with van der Waals surface area (Å²) in [4.78, 5) is 24.7. The summed E-state index contributed by atoms with van der Waals surface area (Å²) in [5.41, 5.74) is 1.59. The number of aryl methyl sites for hydroxylation is 2. The van der Waals surface area contributed by atoms with Gasteiger partial charge in [0.1, 0.15) is 0 Å². The first kappa shape index (κ1) is 21.8. The Kier molecular flexibility index (Phi) is 6.95. The number of nitrogens with zero attached hydrogens (tertiary/aromatic N) is 1. The van der Waals surface area contributed by atoms with Crippen LogP contribution in [0.25, 0.3) is 0 Å². The number of sulfonamides is 1. The standard InChI is InChI=1S/C21H31N3O4S/c1-15-10-11-16(2)19(13-15)29(27,28)24-12-6-9-18(24)14-22-20(25)21(26)23-17-7-4-3-5-8-17/h10-11,13,17-18H,3-9,12,14H2,1-2H3,(H,22,25)(H,23,26)/t18-/m1/s1. The summed E-state index contributed by atoms with van der Waals surface area (Å²) >= 11 is 0. The molecule has 3 rings (SSSR count). The van der Waals surface area contributed by atoms with E-state index in [2.05, 4.69) is 10.6 Å². The van der Waals surface area contributed by atoms with Gasteiger partial charge in [-0.2, -0.15) is 4.31 Å². The van der Waals surface area contributed by atoms with Crippen LogP contribution in [0.1, 0.15) is 56.1 Å². The minimum Gasteiger partial charge on any atom is -0.346 e. The van der Waals surface area contributed by atoms with E-state index in [9.17, 15) is 18.0 Å². The average Bonchev–Trinajstić information content (AvgIpc) is 3.18. The zero-order valence-corrected chi connectivity index (χ0v) is 18.1. The number of benzene rings is 1. The summed E-state index contributed by atoms with van der Waals surface area (Å²) in [5, 5.41) is 5.43. The Labute approximate surface area is 173 Å². The van der Waals surface area contributed by atoms with E-state index >= 15 is 0 Å². The van der Waals surface area contributed by atoms with E-state index in [1.807, 2.05) is 19.1 Å². The van der Waals surface area contributed by atoms with Crippen molar-refractivity contribution in [2.45, 2.75) is 75.8 Å². The van der Waals surface area contributed by atoms with Crippen LogP contribution in [0.4, 0.5) is 0 Å². The fourth-order valence-electron chi connectivity index (χ4n) is 4.23. The van der Waals surface area contributed by atoms with Crippen LogP contribution >= 0.6 is 0 Å². The molecule has 1 aromatic carbocycles. The number of nitrogens with one attached hydrogen (secondary N) is 2. The molecule has 0 radical (unpaired) electrons. The Morgan fingerprint density at radius 3 is 2.48 bits per heavy atom. The van der Waals surface area contributed by atoms with Gasteiger partial charge in [-0.15, -0.1) is 0 Å². The summed E-state index contributed by atoms with van der Waals surface area (Å²) in [6.07, 6.45) is 6.52. The van der Waals surface area contributed by atoms with Crippen LogP contribution in [-0.4, -0.2) is 49.7 Å². The lowest BCUT2D eigenvalue weighted by atomic mass is 9.95. The summed E-state index contributed by atoms with van der Waals surface area (Å²) in [6.45, 7) is 4.21. The van der Waals surface area contributed by atoms with E-state index < -0.39 is 21.8 Å². The van der Waals surface area contributed by atoms with Crippen LogP contribution < -0.4 is 10.6 Å². The van der Waals surface area contributed by atoms with Gasteiger partial charge >= 0.3 is 11.8 Å². The predicted octanol–water partition coefficient (Wildman–Crippen LogP) is 2.02. The second-order valence-electron chi connectivity index (χ2n) is 8.20. The quantitative estimate of drug-likeness (QED) is 0.711. The van der Waals surface area contributed by atoms with E-state index in [-0.39, 0.29) is 18.6 Å². The number of hydrogen-bond donors (Lipinski definition) is 2.